The molecule has 136 valence electrons. The zero-order valence-corrected chi connectivity index (χ0v) is 12.8. The number of nitrogens with zero attached hydrogens (tertiary/aromatic N) is 2. The van der Waals surface area contributed by atoms with E-state index in [-0.39, 0.29) is 11.3 Å². The molecule has 2 aliphatic rings. The molecule has 0 saturated heterocycles. The molecule has 0 N–H and O–H groups in total. The third-order valence-corrected chi connectivity index (χ3v) is 4.87. The van der Waals surface area contributed by atoms with Gasteiger partial charge in [0.15, 0.2) is 22.7 Å². The van der Waals surface area contributed by atoms with Gasteiger partial charge in [0.05, 0.1) is 5.69 Å². The van der Waals surface area contributed by atoms with Gasteiger partial charge < -0.3 is 0 Å². The van der Waals surface area contributed by atoms with Crippen LogP contribution >= 0.6 is 0 Å². The maximum absolute atomic E-state index is 15.6. The summed E-state index contributed by atoms with van der Waals surface area (Å²) in [6.07, 6.45) is -3.31. The zero-order valence-electron chi connectivity index (χ0n) is 12.8. The smallest absolute Gasteiger partial charge is 0.232 e. The lowest BCUT2D eigenvalue weighted by Gasteiger charge is -2.24. The van der Waals surface area contributed by atoms with Crippen molar-refractivity contribution in [3.63, 3.8) is 0 Å². The molecule has 4 nitrogen and oxygen atoms in total. The van der Waals surface area contributed by atoms with Crippen molar-refractivity contribution in [1.29, 1.82) is 0 Å². The maximum Gasteiger partial charge on any atom is 0.406 e. The van der Waals surface area contributed by atoms with Crippen molar-refractivity contribution in [2.75, 3.05) is 0 Å². The number of fused-ring (bicyclic) bond motifs is 2. The van der Waals surface area contributed by atoms with Gasteiger partial charge in [-0.1, -0.05) is 6.07 Å². The van der Waals surface area contributed by atoms with Gasteiger partial charge in [0.1, 0.15) is 5.69 Å². The molecule has 2 aliphatic carbocycles. The summed E-state index contributed by atoms with van der Waals surface area (Å²) in [7, 11) is 0. The fourth-order valence-corrected chi connectivity index (χ4v) is 3.75. The Morgan fingerprint density at radius 2 is 1.59 bits per heavy atom. The number of isocyanates is 2. The maximum atomic E-state index is 15.6. The number of rotatable bonds is 3. The first-order chi connectivity index (χ1) is 12.7. The molecule has 0 heterocycles. The summed E-state index contributed by atoms with van der Waals surface area (Å²) in [4.78, 5) is 26.5. The first-order valence-electron chi connectivity index (χ1n) is 7.25. The Labute approximate surface area is 145 Å². The molecule has 2 aromatic carbocycles. The number of carbonyl (C=O) groups excluding carboxylic acids is 2. The predicted molar refractivity (Wildman–Crippen MR) is 77.1 cm³/mol. The third kappa shape index (κ3) is 1.81. The Morgan fingerprint density at radius 3 is 2.19 bits per heavy atom. The molecule has 0 radical (unpaired) electrons. The number of aliphatic imine (C=N–C) groups is 2. The number of alkyl halides is 4. The van der Waals surface area contributed by atoms with Crippen LogP contribution in [0.3, 0.4) is 0 Å². The predicted octanol–water partition coefficient (Wildman–Crippen LogP) is 4.29. The molecule has 2 aromatic rings. The van der Waals surface area contributed by atoms with Crippen LogP contribution in [-0.2, 0) is 20.7 Å². The molecule has 2 unspecified atom stereocenters. The lowest BCUT2D eigenvalue weighted by molar-refractivity contribution is -0.187. The molecule has 0 fully saturated rings. The van der Waals surface area contributed by atoms with Crippen LogP contribution in [0, 0.1) is 11.6 Å². The molecule has 0 saturated carbocycles. The lowest BCUT2D eigenvalue weighted by atomic mass is 9.88. The second-order valence-electron chi connectivity index (χ2n) is 5.99. The van der Waals surface area contributed by atoms with Gasteiger partial charge in [0, 0.05) is 16.7 Å². The summed E-state index contributed by atoms with van der Waals surface area (Å²) in [5.41, 5.74) is -10.9. The summed E-state index contributed by atoms with van der Waals surface area (Å²) < 4.78 is 85.8. The Morgan fingerprint density at radius 1 is 0.926 bits per heavy atom. The standard InChI is InChI=1S/C17H4F6N2O2/c18-11-4-10-12(13(19)14(11)25-6-27)15(10,17(21,22)23)16(20)8-2-1-7(24-5-26)3-9(8)16/h1-4H. The second kappa shape index (κ2) is 4.94. The summed E-state index contributed by atoms with van der Waals surface area (Å²) >= 11 is 0. The van der Waals surface area contributed by atoms with Crippen LogP contribution in [0.5, 0.6) is 0 Å². The molecule has 0 aliphatic heterocycles. The summed E-state index contributed by atoms with van der Waals surface area (Å²) in [6, 6.07) is 3.30. The zero-order chi connectivity index (χ0) is 19.8. The molecule has 0 bridgehead atoms. The molecule has 4 rings (SSSR count). The molecular formula is C17H4F6N2O2. The first-order valence-corrected chi connectivity index (χ1v) is 7.25. The molecule has 10 heteroatoms. The SMILES string of the molecule is O=C=Nc1ccc2c(c1)C2(F)C1(C(F)(F)F)c2cc(F)c(N=C=O)c(F)c21. The van der Waals surface area contributed by atoms with Crippen molar-refractivity contribution >= 4 is 23.5 Å². The molecule has 0 spiro atoms. The average molecular weight is 382 g/mol. The fourth-order valence-electron chi connectivity index (χ4n) is 3.75. The first kappa shape index (κ1) is 17.2. The summed E-state index contributed by atoms with van der Waals surface area (Å²) in [5.74, 6) is -3.31. The second-order valence-corrected chi connectivity index (χ2v) is 5.99. The van der Waals surface area contributed by atoms with E-state index in [1.165, 1.54) is 6.08 Å². The van der Waals surface area contributed by atoms with E-state index in [0.717, 1.165) is 24.3 Å². The highest BCUT2D eigenvalue weighted by molar-refractivity contribution is 5.80. The van der Waals surface area contributed by atoms with Gasteiger partial charge in [-0.25, -0.2) is 22.8 Å². The highest BCUT2D eigenvalue weighted by Crippen LogP contribution is 2.78. The molecule has 2 atom stereocenters. The highest BCUT2D eigenvalue weighted by Gasteiger charge is 2.86. The Hall–Kier alpha value is -3.22. The van der Waals surface area contributed by atoms with E-state index < -0.39 is 51.3 Å². The number of halogens is 6. The quantitative estimate of drug-likeness (QED) is 0.452. The highest BCUT2D eigenvalue weighted by atomic mass is 19.4. The van der Waals surface area contributed by atoms with Gasteiger partial charge in [-0.15, -0.1) is 0 Å². The van der Waals surface area contributed by atoms with Gasteiger partial charge in [-0.05, 0) is 23.8 Å². The van der Waals surface area contributed by atoms with Crippen molar-refractivity contribution in [1.82, 2.24) is 0 Å². The van der Waals surface area contributed by atoms with Crippen molar-refractivity contribution in [3.8, 4) is 0 Å². The van der Waals surface area contributed by atoms with E-state index in [0.29, 0.717) is 6.07 Å². The van der Waals surface area contributed by atoms with Crippen molar-refractivity contribution in [3.05, 3.63) is 58.2 Å². The van der Waals surface area contributed by atoms with E-state index in [9.17, 15) is 31.5 Å². The van der Waals surface area contributed by atoms with Crippen LogP contribution in [0.4, 0.5) is 37.7 Å². The molecular weight excluding hydrogens is 378 g/mol. The average Bonchev–Trinajstić information content (AvgIpc) is 3.44. The normalized spacial score (nSPS) is 24.2. The van der Waals surface area contributed by atoms with Crippen LogP contribution in [-0.4, -0.2) is 18.3 Å². The minimum absolute atomic E-state index is 0.136. The lowest BCUT2D eigenvalue weighted by Crippen LogP contribution is -2.40. The van der Waals surface area contributed by atoms with Crippen LogP contribution < -0.4 is 0 Å². The van der Waals surface area contributed by atoms with Gasteiger partial charge in [0.2, 0.25) is 12.2 Å². The Kier molecular flexibility index (Phi) is 3.15. The van der Waals surface area contributed by atoms with Crippen molar-refractivity contribution < 1.29 is 35.9 Å². The van der Waals surface area contributed by atoms with Crippen molar-refractivity contribution in [2.45, 2.75) is 17.3 Å². The van der Waals surface area contributed by atoms with Gasteiger partial charge in [0.25, 0.3) is 0 Å². The number of hydrogen-bond acceptors (Lipinski definition) is 4. The van der Waals surface area contributed by atoms with Crippen LogP contribution in [0.2, 0.25) is 0 Å². The van der Waals surface area contributed by atoms with Crippen LogP contribution in [0.1, 0.15) is 22.3 Å². The van der Waals surface area contributed by atoms with E-state index in [1.54, 1.807) is 0 Å². The van der Waals surface area contributed by atoms with Gasteiger partial charge in [-0.3, -0.25) is 0 Å². The topological polar surface area (TPSA) is 58.9 Å². The minimum Gasteiger partial charge on any atom is -0.232 e. The van der Waals surface area contributed by atoms with Crippen molar-refractivity contribution in [2.24, 2.45) is 9.98 Å². The molecule has 27 heavy (non-hydrogen) atoms. The Balaban J connectivity index is 1.96. The fraction of sp³-hybridized carbons (Fsp3) is 0.176. The largest absolute Gasteiger partial charge is 0.406 e. The number of hydrogen-bond donors (Lipinski definition) is 0. The third-order valence-electron chi connectivity index (χ3n) is 4.87. The van der Waals surface area contributed by atoms with Crippen LogP contribution in [0.15, 0.2) is 34.3 Å². The van der Waals surface area contributed by atoms with E-state index in [1.807, 2.05) is 0 Å². The van der Waals surface area contributed by atoms with E-state index in [4.69, 9.17) is 0 Å². The monoisotopic (exact) mass is 382 g/mol. The van der Waals surface area contributed by atoms with Gasteiger partial charge in [-0.2, -0.15) is 23.2 Å². The minimum atomic E-state index is -5.33. The summed E-state index contributed by atoms with van der Waals surface area (Å²) in [5, 5.41) is 0. The van der Waals surface area contributed by atoms with Gasteiger partial charge >= 0.3 is 6.18 Å². The summed E-state index contributed by atoms with van der Waals surface area (Å²) in [6.45, 7) is 0. The number of benzene rings is 2. The van der Waals surface area contributed by atoms with E-state index in [2.05, 4.69) is 9.98 Å². The van der Waals surface area contributed by atoms with Crippen LogP contribution in [0.25, 0.3) is 0 Å². The Bertz CT molecular complexity index is 1130. The molecule has 0 amide bonds. The molecule has 0 aromatic heterocycles. The van der Waals surface area contributed by atoms with E-state index >= 15 is 4.39 Å².